The summed E-state index contributed by atoms with van der Waals surface area (Å²) in [6, 6.07) is 5.00. The molecule has 1 heterocycles. The second-order valence-electron chi connectivity index (χ2n) is 5.75. The van der Waals surface area contributed by atoms with E-state index in [1.165, 1.54) is 6.07 Å². The van der Waals surface area contributed by atoms with Gasteiger partial charge in [-0.25, -0.2) is 0 Å². The average Bonchev–Trinajstić information content (AvgIpc) is 2.67. The van der Waals surface area contributed by atoms with E-state index in [4.69, 9.17) is 0 Å². The molecule has 0 amide bonds. The van der Waals surface area contributed by atoms with Crippen LogP contribution in [0.5, 0.6) is 0 Å². The van der Waals surface area contributed by atoms with E-state index in [0.29, 0.717) is 11.3 Å². The molecule has 0 aromatic heterocycles. The van der Waals surface area contributed by atoms with Gasteiger partial charge >= 0.3 is 0 Å². The predicted octanol–water partition coefficient (Wildman–Crippen LogP) is 3.03. The van der Waals surface area contributed by atoms with Crippen molar-refractivity contribution < 1.29 is 10.0 Å². The number of aliphatic hydroxyl groups excluding tert-OH is 1. The molecule has 0 unspecified atom stereocenters. The van der Waals surface area contributed by atoms with E-state index in [2.05, 4.69) is 18.7 Å². The number of nitro benzene ring substituents is 1. The molecule has 1 aromatic rings. The fraction of sp³-hybridized carbons (Fsp3) is 0.571. The number of nitrogens with zero attached hydrogens (tertiary/aromatic N) is 2. The summed E-state index contributed by atoms with van der Waals surface area (Å²) in [4.78, 5) is 13.0. The fourth-order valence-corrected chi connectivity index (χ4v) is 2.73. The van der Waals surface area contributed by atoms with Crippen LogP contribution in [-0.4, -0.2) is 22.1 Å². The minimum atomic E-state index is -0.695. The van der Waals surface area contributed by atoms with Crippen LogP contribution in [-0.2, 0) is 0 Å². The van der Waals surface area contributed by atoms with E-state index >= 15 is 0 Å². The number of hydrogen-bond acceptors (Lipinski definition) is 4. The van der Waals surface area contributed by atoms with Crippen LogP contribution in [0.4, 0.5) is 11.4 Å². The third-order valence-corrected chi connectivity index (χ3v) is 3.87. The topological polar surface area (TPSA) is 66.6 Å². The number of nitro groups is 1. The molecule has 0 aliphatic carbocycles. The third kappa shape index (κ3) is 2.56. The molecule has 5 nitrogen and oxygen atoms in total. The number of hydrogen-bond donors (Lipinski definition) is 1. The molecule has 1 fully saturated rings. The smallest absolute Gasteiger partial charge is 0.292 e. The Labute approximate surface area is 113 Å². The summed E-state index contributed by atoms with van der Waals surface area (Å²) in [5.41, 5.74) is 1.25. The van der Waals surface area contributed by atoms with Gasteiger partial charge in [-0.05, 0) is 45.2 Å². The Morgan fingerprint density at radius 2 is 2.16 bits per heavy atom. The Kier molecular flexibility index (Phi) is 3.49. The van der Waals surface area contributed by atoms with Gasteiger partial charge in [0.25, 0.3) is 5.69 Å². The first-order chi connectivity index (χ1) is 8.83. The van der Waals surface area contributed by atoms with Crippen molar-refractivity contribution in [1.29, 1.82) is 0 Å². The quantitative estimate of drug-likeness (QED) is 0.673. The highest BCUT2D eigenvalue weighted by Gasteiger charge is 2.35. The van der Waals surface area contributed by atoms with Gasteiger partial charge in [0.1, 0.15) is 5.69 Å². The van der Waals surface area contributed by atoms with Crippen LogP contribution in [0.25, 0.3) is 0 Å². The summed E-state index contributed by atoms with van der Waals surface area (Å²) >= 11 is 0. The molecule has 5 heteroatoms. The maximum atomic E-state index is 11.3. The Bertz CT molecular complexity index is 497. The van der Waals surface area contributed by atoms with Crippen LogP contribution in [0.15, 0.2) is 18.2 Å². The average molecular weight is 264 g/mol. The second kappa shape index (κ2) is 4.81. The molecule has 1 aliphatic heterocycles. The van der Waals surface area contributed by atoms with Gasteiger partial charge in [-0.3, -0.25) is 10.1 Å². The monoisotopic (exact) mass is 264 g/mol. The van der Waals surface area contributed by atoms with Crippen LogP contribution >= 0.6 is 0 Å². The molecule has 0 saturated carbocycles. The summed E-state index contributed by atoms with van der Waals surface area (Å²) < 4.78 is 0. The van der Waals surface area contributed by atoms with Gasteiger partial charge in [0.2, 0.25) is 0 Å². The Hall–Kier alpha value is -1.62. The zero-order chi connectivity index (χ0) is 14.2. The number of anilines is 1. The van der Waals surface area contributed by atoms with Gasteiger partial charge in [0.05, 0.1) is 11.0 Å². The van der Waals surface area contributed by atoms with Crippen LogP contribution in [0.2, 0.25) is 0 Å². The molecule has 1 N–H and O–H groups in total. The second-order valence-corrected chi connectivity index (χ2v) is 5.75. The summed E-state index contributed by atoms with van der Waals surface area (Å²) in [6.45, 7) is 6.65. The van der Waals surface area contributed by atoms with Crippen molar-refractivity contribution in [3.63, 3.8) is 0 Å². The molecular weight excluding hydrogens is 244 g/mol. The van der Waals surface area contributed by atoms with Crippen LogP contribution in [0.1, 0.15) is 45.3 Å². The predicted molar refractivity (Wildman–Crippen MR) is 74.4 cm³/mol. The lowest BCUT2D eigenvalue weighted by Gasteiger charge is -2.33. The van der Waals surface area contributed by atoms with Crippen molar-refractivity contribution >= 4 is 11.4 Å². The number of aliphatic hydroxyl groups is 1. The van der Waals surface area contributed by atoms with Crippen molar-refractivity contribution in [3.05, 3.63) is 33.9 Å². The summed E-state index contributed by atoms with van der Waals surface area (Å²) in [5, 5.41) is 20.8. The molecular formula is C14H20N2O3. The Balaban J connectivity index is 2.48. The van der Waals surface area contributed by atoms with Crippen molar-refractivity contribution in [2.45, 2.75) is 45.3 Å². The minimum absolute atomic E-state index is 0.0584. The van der Waals surface area contributed by atoms with Crippen molar-refractivity contribution in [3.8, 4) is 0 Å². The maximum Gasteiger partial charge on any atom is 0.292 e. The molecule has 0 bridgehead atoms. The summed E-state index contributed by atoms with van der Waals surface area (Å²) in [5.74, 6) is 0. The third-order valence-electron chi connectivity index (χ3n) is 3.87. The van der Waals surface area contributed by atoms with E-state index in [-0.39, 0.29) is 16.1 Å². The largest absolute Gasteiger partial charge is 0.389 e. The minimum Gasteiger partial charge on any atom is -0.389 e. The zero-order valence-corrected chi connectivity index (χ0v) is 11.6. The fourth-order valence-electron chi connectivity index (χ4n) is 2.73. The standard InChI is InChI=1S/C14H20N2O3/c1-10(17)11-5-6-12(13(9-11)16(18)19)15-8-4-7-14(15,2)3/h5-6,9-10,17H,4,7-8H2,1-3H3/t10-/m0/s1. The van der Waals surface area contributed by atoms with Crippen LogP contribution in [0, 0.1) is 10.1 Å². The summed E-state index contributed by atoms with van der Waals surface area (Å²) in [6.07, 6.45) is 1.38. The van der Waals surface area contributed by atoms with Gasteiger partial charge in [0.15, 0.2) is 0 Å². The first-order valence-electron chi connectivity index (χ1n) is 6.57. The van der Waals surface area contributed by atoms with Crippen molar-refractivity contribution in [2.75, 3.05) is 11.4 Å². The first-order valence-corrected chi connectivity index (χ1v) is 6.57. The molecule has 0 spiro atoms. The molecule has 2 rings (SSSR count). The van der Waals surface area contributed by atoms with E-state index in [0.717, 1.165) is 19.4 Å². The van der Waals surface area contributed by atoms with Gasteiger partial charge < -0.3 is 10.0 Å². The molecule has 1 atom stereocenters. The SMILES string of the molecule is C[C@H](O)c1ccc(N2CCCC2(C)C)c([N+](=O)[O-])c1. The maximum absolute atomic E-state index is 11.3. The summed E-state index contributed by atoms with van der Waals surface area (Å²) in [7, 11) is 0. The van der Waals surface area contributed by atoms with Crippen LogP contribution < -0.4 is 4.90 Å². The normalized spacial score (nSPS) is 19.5. The Morgan fingerprint density at radius 1 is 1.47 bits per heavy atom. The molecule has 19 heavy (non-hydrogen) atoms. The van der Waals surface area contributed by atoms with Crippen molar-refractivity contribution in [2.24, 2.45) is 0 Å². The number of benzene rings is 1. The first kappa shape index (κ1) is 13.8. The molecule has 0 radical (unpaired) electrons. The highest BCUT2D eigenvalue weighted by atomic mass is 16.6. The van der Waals surface area contributed by atoms with E-state index in [1.54, 1.807) is 19.1 Å². The molecule has 1 saturated heterocycles. The molecule has 1 aromatic carbocycles. The molecule has 104 valence electrons. The molecule has 1 aliphatic rings. The highest BCUT2D eigenvalue weighted by Crippen LogP contribution is 2.39. The van der Waals surface area contributed by atoms with Gasteiger partial charge in [-0.2, -0.15) is 0 Å². The lowest BCUT2D eigenvalue weighted by Crippen LogP contribution is -2.38. The van der Waals surface area contributed by atoms with E-state index in [1.807, 2.05) is 0 Å². The van der Waals surface area contributed by atoms with Gasteiger partial charge in [0, 0.05) is 18.2 Å². The zero-order valence-electron chi connectivity index (χ0n) is 11.6. The van der Waals surface area contributed by atoms with Crippen molar-refractivity contribution in [1.82, 2.24) is 0 Å². The number of rotatable bonds is 3. The van der Waals surface area contributed by atoms with Gasteiger partial charge in [-0.1, -0.05) is 6.07 Å². The lowest BCUT2D eigenvalue weighted by atomic mass is 10.0. The Morgan fingerprint density at radius 3 is 2.63 bits per heavy atom. The van der Waals surface area contributed by atoms with E-state index in [9.17, 15) is 15.2 Å². The van der Waals surface area contributed by atoms with E-state index < -0.39 is 6.10 Å². The van der Waals surface area contributed by atoms with Gasteiger partial charge in [-0.15, -0.1) is 0 Å². The van der Waals surface area contributed by atoms with Crippen LogP contribution in [0.3, 0.4) is 0 Å². The highest BCUT2D eigenvalue weighted by molar-refractivity contribution is 5.66. The lowest BCUT2D eigenvalue weighted by molar-refractivity contribution is -0.384.